The van der Waals surface area contributed by atoms with Crippen molar-refractivity contribution < 1.29 is 9.47 Å². The lowest BCUT2D eigenvalue weighted by molar-refractivity contribution is -0.156. The molecule has 2 fully saturated rings. The summed E-state index contributed by atoms with van der Waals surface area (Å²) < 4.78 is 11.8. The van der Waals surface area contributed by atoms with Crippen LogP contribution in [0.25, 0.3) is 0 Å². The van der Waals surface area contributed by atoms with E-state index < -0.39 is 0 Å². The highest BCUT2D eigenvalue weighted by Crippen LogP contribution is 2.27. The first kappa shape index (κ1) is 15.2. The normalized spacial score (nSPS) is 30.6. The number of ether oxygens (including phenoxy) is 2. The Labute approximate surface area is 118 Å². The minimum absolute atomic E-state index is 0.176. The number of hydrogen-bond donors (Lipinski definition) is 0. The van der Waals surface area contributed by atoms with E-state index in [1.54, 1.807) is 7.11 Å². The van der Waals surface area contributed by atoms with E-state index in [2.05, 4.69) is 37.5 Å². The molecule has 2 rings (SSSR count). The van der Waals surface area contributed by atoms with Gasteiger partial charge >= 0.3 is 0 Å². The van der Waals surface area contributed by atoms with Gasteiger partial charge in [0.05, 0.1) is 12.2 Å². The molecular formula is C15H30N2O2. The first-order valence-corrected chi connectivity index (χ1v) is 7.62. The van der Waals surface area contributed by atoms with E-state index in [1.807, 2.05) is 0 Å². The molecule has 0 spiro atoms. The first-order chi connectivity index (χ1) is 8.92. The van der Waals surface area contributed by atoms with E-state index in [4.69, 9.17) is 9.47 Å². The van der Waals surface area contributed by atoms with Crippen LogP contribution in [0.15, 0.2) is 0 Å². The van der Waals surface area contributed by atoms with Crippen molar-refractivity contribution in [1.29, 1.82) is 0 Å². The number of likely N-dealkylation sites (tertiary alicyclic amines) is 2. The fraction of sp³-hybridized carbons (Fsp3) is 1.00. The second kappa shape index (κ2) is 6.08. The number of rotatable bonds is 5. The third-order valence-corrected chi connectivity index (χ3v) is 4.60. The summed E-state index contributed by atoms with van der Waals surface area (Å²) in [6, 6.07) is 0.626. The summed E-state index contributed by atoms with van der Waals surface area (Å²) in [6.07, 6.45) is 3.02. The molecule has 0 bridgehead atoms. The van der Waals surface area contributed by atoms with E-state index in [0.29, 0.717) is 18.2 Å². The van der Waals surface area contributed by atoms with Crippen molar-refractivity contribution in [2.75, 3.05) is 33.3 Å². The molecule has 2 saturated heterocycles. The van der Waals surface area contributed by atoms with Gasteiger partial charge in [-0.3, -0.25) is 9.80 Å². The lowest BCUT2D eigenvalue weighted by Crippen LogP contribution is -2.48. The Morgan fingerprint density at radius 2 is 1.74 bits per heavy atom. The zero-order valence-electron chi connectivity index (χ0n) is 13.2. The molecule has 0 aliphatic carbocycles. The molecule has 4 nitrogen and oxygen atoms in total. The van der Waals surface area contributed by atoms with Gasteiger partial charge in [-0.2, -0.15) is 0 Å². The summed E-state index contributed by atoms with van der Waals surface area (Å²) in [4.78, 5) is 4.92. The molecule has 2 aliphatic rings. The standard InChI is InChI=1S/C15H30N2O2/c1-12(2)16-8-6-14(10-16)19-15(3,4)17-9-7-13(11-17)18-5/h12-14H,6-11H2,1-5H3/t13-,14-/m1/s1. The van der Waals surface area contributed by atoms with E-state index >= 15 is 0 Å². The average molecular weight is 270 g/mol. The fourth-order valence-corrected chi connectivity index (χ4v) is 3.21. The maximum atomic E-state index is 6.38. The van der Waals surface area contributed by atoms with Gasteiger partial charge in [0, 0.05) is 39.3 Å². The van der Waals surface area contributed by atoms with Gasteiger partial charge in [0.15, 0.2) is 0 Å². The molecule has 0 aromatic heterocycles. The Balaban J connectivity index is 1.84. The fourth-order valence-electron chi connectivity index (χ4n) is 3.21. The van der Waals surface area contributed by atoms with Crippen LogP contribution in [-0.2, 0) is 9.47 Å². The number of nitrogens with zero attached hydrogens (tertiary/aromatic N) is 2. The number of hydrogen-bond acceptors (Lipinski definition) is 4. The quantitative estimate of drug-likeness (QED) is 0.762. The second-order valence-corrected chi connectivity index (χ2v) is 6.66. The summed E-state index contributed by atoms with van der Waals surface area (Å²) in [7, 11) is 1.81. The van der Waals surface area contributed by atoms with Crippen molar-refractivity contribution >= 4 is 0 Å². The summed E-state index contributed by atoms with van der Waals surface area (Å²) >= 11 is 0. The Morgan fingerprint density at radius 3 is 2.26 bits per heavy atom. The van der Waals surface area contributed by atoms with Crippen LogP contribution in [0.5, 0.6) is 0 Å². The van der Waals surface area contributed by atoms with Gasteiger partial charge in [-0.05, 0) is 40.5 Å². The first-order valence-electron chi connectivity index (χ1n) is 7.62. The van der Waals surface area contributed by atoms with Crippen LogP contribution in [0, 0.1) is 0 Å². The maximum Gasteiger partial charge on any atom is 0.116 e. The summed E-state index contributed by atoms with van der Waals surface area (Å²) in [5, 5.41) is 0. The van der Waals surface area contributed by atoms with E-state index in [1.165, 1.54) is 6.54 Å². The van der Waals surface area contributed by atoms with Gasteiger partial charge < -0.3 is 9.47 Å². The Kier molecular flexibility index (Phi) is 4.88. The van der Waals surface area contributed by atoms with Gasteiger partial charge in [0.25, 0.3) is 0 Å². The zero-order valence-corrected chi connectivity index (χ0v) is 13.2. The van der Waals surface area contributed by atoms with Gasteiger partial charge in [-0.1, -0.05) is 0 Å². The SMILES string of the molecule is CO[C@@H]1CCN(C(C)(C)O[C@@H]2CCN(C(C)C)C2)C1. The molecule has 2 atom stereocenters. The average Bonchev–Trinajstić information content (AvgIpc) is 2.96. The van der Waals surface area contributed by atoms with Crippen LogP contribution in [0.4, 0.5) is 0 Å². The molecule has 19 heavy (non-hydrogen) atoms. The van der Waals surface area contributed by atoms with Crippen molar-refractivity contribution in [3.63, 3.8) is 0 Å². The van der Waals surface area contributed by atoms with Gasteiger partial charge in [-0.25, -0.2) is 0 Å². The third-order valence-electron chi connectivity index (χ3n) is 4.60. The highest BCUT2D eigenvalue weighted by molar-refractivity contribution is 4.86. The Morgan fingerprint density at radius 1 is 1.05 bits per heavy atom. The summed E-state index contributed by atoms with van der Waals surface area (Å²) in [6.45, 7) is 13.2. The molecular weight excluding hydrogens is 240 g/mol. The summed E-state index contributed by atoms with van der Waals surface area (Å²) in [5.41, 5.74) is -0.176. The maximum absolute atomic E-state index is 6.38. The van der Waals surface area contributed by atoms with Crippen LogP contribution >= 0.6 is 0 Å². The molecule has 112 valence electrons. The lowest BCUT2D eigenvalue weighted by atomic mass is 10.2. The van der Waals surface area contributed by atoms with E-state index in [0.717, 1.165) is 32.5 Å². The molecule has 0 amide bonds. The van der Waals surface area contributed by atoms with Crippen LogP contribution in [0.3, 0.4) is 0 Å². The van der Waals surface area contributed by atoms with E-state index in [9.17, 15) is 0 Å². The predicted molar refractivity (Wildman–Crippen MR) is 77.3 cm³/mol. The summed E-state index contributed by atoms with van der Waals surface area (Å²) in [5.74, 6) is 0. The second-order valence-electron chi connectivity index (χ2n) is 6.66. The highest BCUT2D eigenvalue weighted by atomic mass is 16.5. The van der Waals surface area contributed by atoms with Crippen LogP contribution in [0.2, 0.25) is 0 Å². The Bertz CT molecular complexity index is 294. The minimum atomic E-state index is -0.176. The molecule has 0 unspecified atom stereocenters. The van der Waals surface area contributed by atoms with Crippen molar-refractivity contribution in [1.82, 2.24) is 9.80 Å². The number of methoxy groups -OCH3 is 1. The largest absolute Gasteiger partial charge is 0.380 e. The molecule has 0 N–H and O–H groups in total. The van der Waals surface area contributed by atoms with Crippen molar-refractivity contribution in [2.45, 2.75) is 64.5 Å². The third kappa shape index (κ3) is 3.69. The van der Waals surface area contributed by atoms with Gasteiger partial charge in [0.2, 0.25) is 0 Å². The molecule has 0 radical (unpaired) electrons. The van der Waals surface area contributed by atoms with Crippen molar-refractivity contribution in [3.8, 4) is 0 Å². The van der Waals surface area contributed by atoms with Gasteiger partial charge in [0.1, 0.15) is 5.72 Å². The van der Waals surface area contributed by atoms with Crippen LogP contribution in [0.1, 0.15) is 40.5 Å². The predicted octanol–water partition coefficient (Wildman–Crippen LogP) is 1.94. The Hall–Kier alpha value is -0.160. The van der Waals surface area contributed by atoms with Crippen LogP contribution in [-0.4, -0.2) is 67.1 Å². The smallest absolute Gasteiger partial charge is 0.116 e. The van der Waals surface area contributed by atoms with Gasteiger partial charge in [-0.15, -0.1) is 0 Å². The molecule has 2 aliphatic heterocycles. The highest BCUT2D eigenvalue weighted by Gasteiger charge is 2.37. The molecule has 0 aromatic carbocycles. The van der Waals surface area contributed by atoms with Crippen molar-refractivity contribution in [2.24, 2.45) is 0 Å². The molecule has 0 aromatic rings. The monoisotopic (exact) mass is 270 g/mol. The zero-order chi connectivity index (χ0) is 14.0. The minimum Gasteiger partial charge on any atom is -0.380 e. The van der Waals surface area contributed by atoms with Crippen molar-refractivity contribution in [3.05, 3.63) is 0 Å². The van der Waals surface area contributed by atoms with Crippen LogP contribution < -0.4 is 0 Å². The molecule has 4 heteroatoms. The molecule has 2 heterocycles. The van der Waals surface area contributed by atoms with E-state index in [-0.39, 0.29) is 5.72 Å². The molecule has 0 saturated carbocycles. The topological polar surface area (TPSA) is 24.9 Å². The lowest BCUT2D eigenvalue weighted by Gasteiger charge is -2.37.